The first-order valence-electron chi connectivity index (χ1n) is 10.4. The Morgan fingerprint density at radius 3 is 2.48 bits per heavy atom. The van der Waals surface area contributed by atoms with Crippen LogP contribution in [-0.4, -0.2) is 43.4 Å². The Morgan fingerprint density at radius 1 is 1.07 bits per heavy atom. The van der Waals surface area contributed by atoms with Crippen molar-refractivity contribution in [3.8, 4) is 5.75 Å². The van der Waals surface area contributed by atoms with Gasteiger partial charge in [0.25, 0.3) is 0 Å². The Morgan fingerprint density at radius 2 is 1.79 bits per heavy atom. The maximum Gasteiger partial charge on any atom is 0.222 e. The molecule has 156 valence electrons. The number of carbonyl (C=O) groups excluding carboxylic acids is 1. The Kier molecular flexibility index (Phi) is 8.90. The highest BCUT2D eigenvalue weighted by Crippen LogP contribution is 2.23. The fraction of sp³-hybridized carbons (Fsp3) is 0.458. The highest BCUT2D eigenvalue weighted by molar-refractivity contribution is 7.99. The van der Waals surface area contributed by atoms with Crippen LogP contribution in [0.4, 0.5) is 0 Å². The third-order valence-electron chi connectivity index (χ3n) is 5.30. The van der Waals surface area contributed by atoms with Gasteiger partial charge in [-0.2, -0.15) is 0 Å². The van der Waals surface area contributed by atoms with Gasteiger partial charge in [-0.15, -0.1) is 11.8 Å². The van der Waals surface area contributed by atoms with Crippen LogP contribution in [-0.2, 0) is 16.1 Å². The number of rotatable bonds is 10. The molecule has 1 amide bonds. The number of amides is 1. The van der Waals surface area contributed by atoms with Crippen LogP contribution in [0, 0.1) is 5.92 Å². The highest BCUT2D eigenvalue weighted by Gasteiger charge is 2.22. The van der Waals surface area contributed by atoms with E-state index in [1.165, 1.54) is 10.5 Å². The summed E-state index contributed by atoms with van der Waals surface area (Å²) in [5, 5.41) is 0. The number of likely N-dealkylation sites (tertiary alicyclic amines) is 1. The molecule has 2 aromatic rings. The van der Waals surface area contributed by atoms with Gasteiger partial charge in [0.1, 0.15) is 5.75 Å². The number of nitrogens with zero attached hydrogens (tertiary/aromatic N) is 1. The minimum atomic E-state index is 0.295. The molecule has 1 heterocycles. The Balaban J connectivity index is 1.26. The van der Waals surface area contributed by atoms with E-state index in [9.17, 15) is 4.79 Å². The molecule has 0 aliphatic carbocycles. The maximum absolute atomic E-state index is 12.5. The van der Waals surface area contributed by atoms with E-state index in [1.807, 2.05) is 35.2 Å². The molecule has 0 bridgehead atoms. The Bertz CT molecular complexity index is 728. The van der Waals surface area contributed by atoms with Crippen LogP contribution in [0.1, 0.15) is 31.2 Å². The van der Waals surface area contributed by atoms with Crippen LogP contribution in [0.25, 0.3) is 0 Å². The molecular formula is C24H31NO3S. The van der Waals surface area contributed by atoms with E-state index >= 15 is 0 Å². The summed E-state index contributed by atoms with van der Waals surface area (Å²) in [7, 11) is 1.67. The highest BCUT2D eigenvalue weighted by atomic mass is 32.2. The number of benzene rings is 2. The number of carbonyl (C=O) groups is 1. The number of ether oxygens (including phenoxy) is 2. The van der Waals surface area contributed by atoms with E-state index in [1.54, 1.807) is 18.9 Å². The SMILES string of the molecule is COc1ccc(SCCCC(=O)N2CCC(COCc3ccccc3)CC2)cc1. The van der Waals surface area contributed by atoms with Gasteiger partial charge in [0.2, 0.25) is 5.91 Å². The summed E-state index contributed by atoms with van der Waals surface area (Å²) < 4.78 is 11.1. The van der Waals surface area contributed by atoms with Crippen molar-refractivity contribution in [3.05, 3.63) is 60.2 Å². The third-order valence-corrected chi connectivity index (χ3v) is 6.39. The van der Waals surface area contributed by atoms with Crippen molar-refractivity contribution >= 4 is 17.7 Å². The average molecular weight is 414 g/mol. The molecule has 3 rings (SSSR count). The standard InChI is InChI=1S/C24H31NO3S/c1-27-22-9-11-23(12-10-22)29-17-5-8-24(26)25-15-13-21(14-16-25)19-28-18-20-6-3-2-4-7-20/h2-4,6-7,9-12,21H,5,8,13-19H2,1H3. The number of methoxy groups -OCH3 is 1. The molecule has 0 atom stereocenters. The smallest absolute Gasteiger partial charge is 0.222 e. The molecule has 2 aromatic carbocycles. The lowest BCUT2D eigenvalue weighted by molar-refractivity contribution is -0.132. The van der Waals surface area contributed by atoms with Crippen LogP contribution in [0.5, 0.6) is 5.75 Å². The topological polar surface area (TPSA) is 38.8 Å². The quantitative estimate of drug-likeness (QED) is 0.405. The van der Waals surface area contributed by atoms with Crippen LogP contribution in [0.3, 0.4) is 0 Å². The lowest BCUT2D eigenvalue weighted by Crippen LogP contribution is -2.39. The van der Waals surface area contributed by atoms with Crippen LogP contribution >= 0.6 is 11.8 Å². The minimum absolute atomic E-state index is 0.295. The number of hydrogen-bond acceptors (Lipinski definition) is 4. The molecule has 1 aliphatic heterocycles. The van der Waals surface area contributed by atoms with Crippen molar-refractivity contribution in [2.45, 2.75) is 37.2 Å². The zero-order chi connectivity index (χ0) is 20.3. The molecule has 4 nitrogen and oxygen atoms in total. The largest absolute Gasteiger partial charge is 0.497 e. The number of thioether (sulfide) groups is 1. The molecule has 0 radical (unpaired) electrons. The van der Waals surface area contributed by atoms with E-state index in [0.717, 1.165) is 50.5 Å². The summed E-state index contributed by atoms with van der Waals surface area (Å²) in [5.74, 6) is 2.69. The van der Waals surface area contributed by atoms with Crippen molar-refractivity contribution in [3.63, 3.8) is 0 Å². The summed E-state index contributed by atoms with van der Waals surface area (Å²) in [5.41, 5.74) is 1.22. The average Bonchev–Trinajstić information content (AvgIpc) is 2.78. The first-order chi connectivity index (χ1) is 14.2. The van der Waals surface area contributed by atoms with Crippen LogP contribution in [0.2, 0.25) is 0 Å². The Labute approximate surface area is 178 Å². The second-order valence-corrected chi connectivity index (χ2v) is 8.62. The van der Waals surface area contributed by atoms with Crippen molar-refractivity contribution < 1.29 is 14.3 Å². The molecule has 1 saturated heterocycles. The van der Waals surface area contributed by atoms with Gasteiger partial charge in [-0.05, 0) is 60.8 Å². The normalized spacial score (nSPS) is 14.7. The monoisotopic (exact) mass is 413 g/mol. The molecule has 1 aliphatic rings. The van der Waals surface area contributed by atoms with Gasteiger partial charge in [-0.25, -0.2) is 0 Å². The predicted molar refractivity (Wildman–Crippen MR) is 118 cm³/mol. The molecule has 29 heavy (non-hydrogen) atoms. The number of piperidine rings is 1. The molecule has 0 spiro atoms. The lowest BCUT2D eigenvalue weighted by Gasteiger charge is -2.32. The molecule has 0 unspecified atom stereocenters. The molecule has 0 aromatic heterocycles. The van der Waals surface area contributed by atoms with Gasteiger partial charge >= 0.3 is 0 Å². The Hall–Kier alpha value is -1.98. The van der Waals surface area contributed by atoms with Crippen molar-refractivity contribution in [2.24, 2.45) is 5.92 Å². The summed E-state index contributed by atoms with van der Waals surface area (Å²) in [6, 6.07) is 18.4. The third kappa shape index (κ3) is 7.41. The summed E-state index contributed by atoms with van der Waals surface area (Å²) in [6.07, 6.45) is 3.64. The van der Waals surface area contributed by atoms with Gasteiger partial charge in [0.15, 0.2) is 0 Å². The zero-order valence-electron chi connectivity index (χ0n) is 17.2. The van der Waals surface area contributed by atoms with E-state index in [-0.39, 0.29) is 0 Å². The second-order valence-electron chi connectivity index (χ2n) is 7.45. The van der Waals surface area contributed by atoms with Gasteiger partial charge in [-0.3, -0.25) is 4.79 Å². The number of hydrogen-bond donors (Lipinski definition) is 0. The lowest BCUT2D eigenvalue weighted by atomic mass is 9.97. The molecule has 0 N–H and O–H groups in total. The van der Waals surface area contributed by atoms with Gasteiger partial charge in [0.05, 0.1) is 13.7 Å². The summed E-state index contributed by atoms with van der Waals surface area (Å²) in [4.78, 5) is 15.7. The molecule has 0 saturated carbocycles. The summed E-state index contributed by atoms with van der Waals surface area (Å²) in [6.45, 7) is 3.19. The van der Waals surface area contributed by atoms with E-state index < -0.39 is 0 Å². The molecule has 1 fully saturated rings. The zero-order valence-corrected chi connectivity index (χ0v) is 18.0. The minimum Gasteiger partial charge on any atom is -0.497 e. The van der Waals surface area contributed by atoms with Crippen LogP contribution < -0.4 is 4.74 Å². The molecule has 5 heteroatoms. The second kappa shape index (κ2) is 11.9. The van der Waals surface area contributed by atoms with Crippen LogP contribution in [0.15, 0.2) is 59.5 Å². The first kappa shape index (κ1) is 21.7. The van der Waals surface area contributed by atoms with Gasteiger partial charge < -0.3 is 14.4 Å². The predicted octanol–water partition coefficient (Wildman–Crippen LogP) is 5.02. The van der Waals surface area contributed by atoms with Gasteiger partial charge in [0, 0.05) is 31.0 Å². The molecular weight excluding hydrogens is 382 g/mol. The summed E-state index contributed by atoms with van der Waals surface area (Å²) >= 11 is 1.79. The fourth-order valence-electron chi connectivity index (χ4n) is 3.51. The van der Waals surface area contributed by atoms with Crippen molar-refractivity contribution in [2.75, 3.05) is 32.6 Å². The van der Waals surface area contributed by atoms with Crippen molar-refractivity contribution in [1.82, 2.24) is 4.90 Å². The maximum atomic E-state index is 12.5. The first-order valence-corrected chi connectivity index (χ1v) is 11.4. The van der Waals surface area contributed by atoms with Crippen molar-refractivity contribution in [1.29, 1.82) is 0 Å². The van der Waals surface area contributed by atoms with E-state index in [0.29, 0.717) is 24.9 Å². The van der Waals surface area contributed by atoms with Gasteiger partial charge in [-0.1, -0.05) is 30.3 Å². The fourth-order valence-corrected chi connectivity index (χ4v) is 4.36. The van der Waals surface area contributed by atoms with E-state index in [4.69, 9.17) is 9.47 Å². The van der Waals surface area contributed by atoms with E-state index in [2.05, 4.69) is 24.3 Å².